The summed E-state index contributed by atoms with van der Waals surface area (Å²) in [5.74, 6) is -0.0213. The maximum Gasteiger partial charge on any atom is 0.254 e. The fourth-order valence-corrected chi connectivity index (χ4v) is 4.38. The van der Waals surface area contributed by atoms with Crippen molar-refractivity contribution in [3.8, 4) is 5.75 Å². The van der Waals surface area contributed by atoms with Gasteiger partial charge in [0.2, 0.25) is 5.91 Å². The highest BCUT2D eigenvalue weighted by Gasteiger charge is 2.24. The van der Waals surface area contributed by atoms with Gasteiger partial charge in [0.15, 0.2) is 0 Å². The van der Waals surface area contributed by atoms with E-state index >= 15 is 0 Å². The molecule has 36 heavy (non-hydrogen) atoms. The van der Waals surface area contributed by atoms with E-state index in [4.69, 9.17) is 4.74 Å². The minimum Gasteiger partial charge on any atom is -0.492 e. The van der Waals surface area contributed by atoms with Gasteiger partial charge in [-0.1, -0.05) is 12.1 Å². The van der Waals surface area contributed by atoms with Crippen LogP contribution in [0.25, 0.3) is 0 Å². The molecule has 0 unspecified atom stereocenters. The summed E-state index contributed by atoms with van der Waals surface area (Å²) in [6.07, 6.45) is 0.758. The van der Waals surface area contributed by atoms with Gasteiger partial charge in [0.05, 0.1) is 5.69 Å². The van der Waals surface area contributed by atoms with Crippen molar-refractivity contribution in [3.05, 3.63) is 59.4 Å². The summed E-state index contributed by atoms with van der Waals surface area (Å²) in [4.78, 5) is 34.0. The summed E-state index contributed by atoms with van der Waals surface area (Å²) in [7, 11) is 3.96. The van der Waals surface area contributed by atoms with Gasteiger partial charge in [0.1, 0.15) is 18.2 Å². The third kappa shape index (κ3) is 7.51. The Morgan fingerprint density at radius 3 is 2.53 bits per heavy atom. The van der Waals surface area contributed by atoms with Gasteiger partial charge in [-0.2, -0.15) is 0 Å². The molecule has 1 heterocycles. The minimum atomic E-state index is -0.404. The number of likely N-dealkylation sites (N-methyl/N-ethyl adjacent to an activating group) is 1. The van der Waals surface area contributed by atoms with Crippen LogP contribution in [0, 0.1) is 5.82 Å². The van der Waals surface area contributed by atoms with E-state index in [2.05, 4.69) is 18.7 Å². The van der Waals surface area contributed by atoms with E-state index in [0.29, 0.717) is 49.3 Å². The summed E-state index contributed by atoms with van der Waals surface area (Å²) in [6, 6.07) is 12.0. The molecule has 0 saturated heterocycles. The normalized spacial score (nSPS) is 15.6. The second-order valence-corrected chi connectivity index (χ2v) is 9.83. The van der Waals surface area contributed by atoms with Gasteiger partial charge >= 0.3 is 0 Å². The van der Waals surface area contributed by atoms with Crippen LogP contribution in [0.4, 0.5) is 10.1 Å². The monoisotopic (exact) mass is 498 g/mol. The number of benzene rings is 2. The number of anilines is 1. The lowest BCUT2D eigenvalue weighted by Crippen LogP contribution is -2.41. The van der Waals surface area contributed by atoms with Crippen LogP contribution < -0.4 is 9.64 Å². The van der Waals surface area contributed by atoms with Crippen LogP contribution in [0.2, 0.25) is 0 Å². The van der Waals surface area contributed by atoms with Crippen molar-refractivity contribution in [2.75, 3.05) is 58.3 Å². The molecule has 1 aliphatic rings. The number of carbonyl (C=O) groups is 2. The zero-order chi connectivity index (χ0) is 26.2. The maximum atomic E-state index is 14.3. The number of fused-ring (bicyclic) bond motifs is 1. The van der Waals surface area contributed by atoms with E-state index in [1.807, 2.05) is 31.1 Å². The Labute approximate surface area is 214 Å². The Balaban J connectivity index is 1.94. The Hall–Kier alpha value is -2.97. The van der Waals surface area contributed by atoms with Crippen LogP contribution in [0.15, 0.2) is 42.5 Å². The Morgan fingerprint density at radius 2 is 1.83 bits per heavy atom. The molecule has 196 valence electrons. The molecule has 0 fully saturated rings. The van der Waals surface area contributed by atoms with Crippen molar-refractivity contribution in [1.29, 1.82) is 0 Å². The molecule has 1 aliphatic heterocycles. The van der Waals surface area contributed by atoms with Gasteiger partial charge < -0.3 is 19.4 Å². The highest BCUT2D eigenvalue weighted by molar-refractivity contribution is 5.95. The molecule has 2 amide bonds. The van der Waals surface area contributed by atoms with E-state index in [-0.39, 0.29) is 18.4 Å². The molecule has 2 aromatic carbocycles. The lowest BCUT2D eigenvalue weighted by Gasteiger charge is -2.30. The fraction of sp³-hybridized carbons (Fsp3) is 0.500. The van der Waals surface area contributed by atoms with Crippen molar-refractivity contribution in [3.63, 3.8) is 0 Å². The summed E-state index contributed by atoms with van der Waals surface area (Å²) in [6.45, 7) is 9.83. The van der Waals surface area contributed by atoms with Gasteiger partial charge in [-0.25, -0.2) is 4.39 Å². The SMILES string of the molecule is CC(=O)N1CCCN(C(C)C)CCN(C(=O)c2cccc(OCCN(C)C)c2)Cc2ccc(F)cc21. The van der Waals surface area contributed by atoms with Crippen LogP contribution in [0.1, 0.15) is 43.1 Å². The highest BCUT2D eigenvalue weighted by Crippen LogP contribution is 2.26. The third-order valence-electron chi connectivity index (χ3n) is 6.47. The molecule has 8 heteroatoms. The number of amides is 2. The van der Waals surface area contributed by atoms with Crippen molar-refractivity contribution in [2.24, 2.45) is 0 Å². The molecule has 0 spiro atoms. The van der Waals surface area contributed by atoms with E-state index in [9.17, 15) is 14.0 Å². The summed E-state index contributed by atoms with van der Waals surface area (Å²) in [5, 5.41) is 0. The fourth-order valence-electron chi connectivity index (χ4n) is 4.38. The van der Waals surface area contributed by atoms with Crippen LogP contribution in [-0.4, -0.2) is 86.0 Å². The molecular weight excluding hydrogens is 459 g/mol. The zero-order valence-electron chi connectivity index (χ0n) is 22.2. The standard InChI is InChI=1S/C28H39FN4O3/c1-21(2)31-12-7-13-33(22(3)34)27-19-25(29)11-10-24(27)20-32(15-14-31)28(35)23-8-6-9-26(18-23)36-17-16-30(4)5/h6,8-11,18-19,21H,7,12-17,20H2,1-5H3. The molecular formula is C28H39FN4O3. The molecule has 3 rings (SSSR count). The Kier molecular flexibility index (Phi) is 9.84. The maximum absolute atomic E-state index is 14.3. The first kappa shape index (κ1) is 27.6. The van der Waals surface area contributed by atoms with Gasteiger partial charge in [-0.3, -0.25) is 14.5 Å². The third-order valence-corrected chi connectivity index (χ3v) is 6.47. The predicted molar refractivity (Wildman–Crippen MR) is 141 cm³/mol. The second-order valence-electron chi connectivity index (χ2n) is 9.83. The summed E-state index contributed by atoms with van der Waals surface area (Å²) in [5.41, 5.74) is 1.81. The van der Waals surface area contributed by atoms with E-state index in [1.54, 1.807) is 28.0 Å². The number of hydrogen-bond donors (Lipinski definition) is 0. The first-order valence-corrected chi connectivity index (χ1v) is 12.6. The van der Waals surface area contributed by atoms with Gasteiger partial charge in [-0.15, -0.1) is 0 Å². The minimum absolute atomic E-state index is 0.124. The highest BCUT2D eigenvalue weighted by atomic mass is 19.1. The molecule has 0 radical (unpaired) electrons. The first-order valence-electron chi connectivity index (χ1n) is 12.6. The number of hydrogen-bond acceptors (Lipinski definition) is 5. The molecule has 0 atom stereocenters. The number of ether oxygens (including phenoxy) is 1. The van der Waals surface area contributed by atoms with E-state index < -0.39 is 5.82 Å². The lowest BCUT2D eigenvalue weighted by atomic mass is 10.1. The number of halogens is 1. The zero-order valence-corrected chi connectivity index (χ0v) is 22.2. The second kappa shape index (κ2) is 12.8. The van der Waals surface area contributed by atoms with Gasteiger partial charge in [0, 0.05) is 57.8 Å². The Morgan fingerprint density at radius 1 is 1.06 bits per heavy atom. The van der Waals surface area contributed by atoms with Crippen molar-refractivity contribution < 1.29 is 18.7 Å². The summed E-state index contributed by atoms with van der Waals surface area (Å²) >= 11 is 0. The first-order chi connectivity index (χ1) is 17.2. The van der Waals surface area contributed by atoms with Crippen LogP contribution in [0.3, 0.4) is 0 Å². The quantitative estimate of drug-likeness (QED) is 0.605. The molecule has 2 aromatic rings. The molecule has 0 aliphatic carbocycles. The van der Waals surface area contributed by atoms with E-state index in [1.165, 1.54) is 19.1 Å². The molecule has 0 saturated carbocycles. The molecule has 7 nitrogen and oxygen atoms in total. The lowest BCUT2D eigenvalue weighted by molar-refractivity contribution is -0.116. The van der Waals surface area contributed by atoms with Crippen LogP contribution in [0.5, 0.6) is 5.75 Å². The van der Waals surface area contributed by atoms with Gasteiger partial charge in [0.25, 0.3) is 5.91 Å². The van der Waals surface area contributed by atoms with Crippen LogP contribution >= 0.6 is 0 Å². The van der Waals surface area contributed by atoms with Crippen LogP contribution in [-0.2, 0) is 11.3 Å². The summed E-state index contributed by atoms with van der Waals surface area (Å²) < 4.78 is 20.1. The number of carbonyl (C=O) groups excluding carboxylic acids is 2. The van der Waals surface area contributed by atoms with Crippen molar-refractivity contribution in [2.45, 2.75) is 39.8 Å². The average Bonchev–Trinajstić information content (AvgIpc) is 2.86. The number of rotatable bonds is 6. The van der Waals surface area contributed by atoms with E-state index in [0.717, 1.165) is 25.1 Å². The molecule has 0 N–H and O–H groups in total. The molecule has 0 bridgehead atoms. The largest absolute Gasteiger partial charge is 0.492 e. The predicted octanol–water partition coefficient (Wildman–Crippen LogP) is 3.88. The molecule has 0 aromatic heterocycles. The van der Waals surface area contributed by atoms with Crippen molar-refractivity contribution >= 4 is 17.5 Å². The Bertz CT molecular complexity index is 1040. The number of nitrogens with zero attached hydrogens (tertiary/aromatic N) is 4. The van der Waals surface area contributed by atoms with Crippen molar-refractivity contribution in [1.82, 2.24) is 14.7 Å². The topological polar surface area (TPSA) is 56.3 Å². The smallest absolute Gasteiger partial charge is 0.254 e. The average molecular weight is 499 g/mol. The van der Waals surface area contributed by atoms with Gasteiger partial charge in [-0.05, 0) is 70.3 Å².